The van der Waals surface area contributed by atoms with Crippen molar-refractivity contribution in [3.63, 3.8) is 0 Å². The first-order chi connectivity index (χ1) is 9.85. The Morgan fingerprint density at radius 2 is 1.95 bits per heavy atom. The first-order valence-electron chi connectivity index (χ1n) is 6.88. The molecule has 0 fully saturated rings. The van der Waals surface area contributed by atoms with E-state index in [1.54, 1.807) is 0 Å². The zero-order valence-corrected chi connectivity index (χ0v) is 15.6. The second kappa shape index (κ2) is 7.03. The van der Waals surface area contributed by atoms with Crippen LogP contribution in [0.4, 0.5) is 0 Å². The summed E-state index contributed by atoms with van der Waals surface area (Å²) in [5.41, 5.74) is 1.04. The van der Waals surface area contributed by atoms with Crippen LogP contribution in [0, 0.1) is 0 Å². The third-order valence-electron chi connectivity index (χ3n) is 2.85. The van der Waals surface area contributed by atoms with Crippen molar-refractivity contribution in [1.82, 2.24) is 15.5 Å². The molecule has 0 spiro atoms. The predicted molar refractivity (Wildman–Crippen MR) is 91.2 cm³/mol. The topological polar surface area (TPSA) is 51.0 Å². The Balaban J connectivity index is 1.97. The maximum absolute atomic E-state index is 5.74. The van der Waals surface area contributed by atoms with Crippen LogP contribution in [0.25, 0.3) is 11.5 Å². The molecule has 0 saturated heterocycles. The van der Waals surface area contributed by atoms with E-state index in [1.165, 1.54) is 0 Å². The maximum Gasteiger partial charge on any atom is 0.248 e. The monoisotopic (exact) mass is 415 g/mol. The van der Waals surface area contributed by atoms with Crippen LogP contribution in [0.1, 0.15) is 33.1 Å². The van der Waals surface area contributed by atoms with Crippen molar-refractivity contribution in [2.45, 2.75) is 39.2 Å². The van der Waals surface area contributed by atoms with Gasteiger partial charge in [-0.2, -0.15) is 0 Å². The van der Waals surface area contributed by atoms with Crippen LogP contribution >= 0.6 is 31.9 Å². The highest BCUT2D eigenvalue weighted by atomic mass is 79.9. The fourth-order valence-electron chi connectivity index (χ4n) is 1.83. The summed E-state index contributed by atoms with van der Waals surface area (Å²) in [5, 5.41) is 11.7. The molecule has 0 aliphatic heterocycles. The summed E-state index contributed by atoms with van der Waals surface area (Å²) in [5.74, 6) is 1.22. The van der Waals surface area contributed by atoms with E-state index in [4.69, 9.17) is 4.42 Å². The fraction of sp³-hybridized carbons (Fsp3) is 0.467. The van der Waals surface area contributed by atoms with Gasteiger partial charge in [0.2, 0.25) is 11.8 Å². The Morgan fingerprint density at radius 1 is 1.19 bits per heavy atom. The number of nitrogens with zero attached hydrogens (tertiary/aromatic N) is 2. The van der Waals surface area contributed by atoms with Crippen LogP contribution in [0.2, 0.25) is 0 Å². The highest BCUT2D eigenvalue weighted by Crippen LogP contribution is 2.30. The van der Waals surface area contributed by atoms with Gasteiger partial charge in [-0.15, -0.1) is 10.2 Å². The molecule has 0 bridgehead atoms. The number of benzene rings is 1. The predicted octanol–water partition coefficient (Wildman–Crippen LogP) is 4.58. The van der Waals surface area contributed by atoms with Crippen molar-refractivity contribution in [2.75, 3.05) is 6.54 Å². The van der Waals surface area contributed by atoms with E-state index in [1.807, 2.05) is 18.2 Å². The molecule has 6 heteroatoms. The Hall–Kier alpha value is -0.720. The Bertz CT molecular complexity index is 605. The summed E-state index contributed by atoms with van der Waals surface area (Å²) in [4.78, 5) is 0. The molecule has 0 atom stereocenters. The molecule has 1 aromatic heterocycles. The van der Waals surface area contributed by atoms with Gasteiger partial charge in [0.25, 0.3) is 0 Å². The molecular formula is C15H19Br2N3O. The second-order valence-electron chi connectivity index (χ2n) is 5.91. The number of halogens is 2. The van der Waals surface area contributed by atoms with Crippen molar-refractivity contribution in [3.05, 3.63) is 33.0 Å². The van der Waals surface area contributed by atoms with Gasteiger partial charge in [0, 0.05) is 20.9 Å². The minimum Gasteiger partial charge on any atom is -0.421 e. The zero-order chi connectivity index (χ0) is 15.5. The molecule has 1 N–H and O–H groups in total. The smallest absolute Gasteiger partial charge is 0.248 e. The number of rotatable bonds is 5. The van der Waals surface area contributed by atoms with E-state index in [-0.39, 0.29) is 5.54 Å². The molecule has 114 valence electrons. The molecule has 1 aromatic carbocycles. The number of hydrogen-bond donors (Lipinski definition) is 1. The summed E-state index contributed by atoms with van der Waals surface area (Å²) >= 11 is 6.95. The lowest BCUT2D eigenvalue weighted by atomic mass is 10.1. The van der Waals surface area contributed by atoms with E-state index in [0.29, 0.717) is 11.8 Å². The van der Waals surface area contributed by atoms with Gasteiger partial charge < -0.3 is 9.73 Å². The van der Waals surface area contributed by atoms with Crippen molar-refractivity contribution < 1.29 is 4.42 Å². The third kappa shape index (κ3) is 5.20. The van der Waals surface area contributed by atoms with Crippen molar-refractivity contribution in [3.8, 4) is 11.5 Å². The molecule has 0 radical (unpaired) electrons. The lowest BCUT2D eigenvalue weighted by Crippen LogP contribution is -2.36. The molecule has 2 rings (SSSR count). The van der Waals surface area contributed by atoms with Gasteiger partial charge in [0.1, 0.15) is 0 Å². The minimum absolute atomic E-state index is 0.140. The average Bonchev–Trinajstić information content (AvgIpc) is 2.85. The van der Waals surface area contributed by atoms with Gasteiger partial charge in [-0.1, -0.05) is 15.9 Å². The Morgan fingerprint density at radius 3 is 2.67 bits per heavy atom. The van der Waals surface area contributed by atoms with Crippen LogP contribution in [0.5, 0.6) is 0 Å². The number of hydrogen-bond acceptors (Lipinski definition) is 4. The number of aryl methyl sites for hydroxylation is 1. The lowest BCUT2D eigenvalue weighted by Gasteiger charge is -2.19. The Labute approximate surface area is 142 Å². The van der Waals surface area contributed by atoms with Crippen molar-refractivity contribution in [1.29, 1.82) is 0 Å². The summed E-state index contributed by atoms with van der Waals surface area (Å²) in [6, 6.07) is 5.88. The van der Waals surface area contributed by atoms with E-state index >= 15 is 0 Å². The molecule has 4 nitrogen and oxygen atoms in total. The van der Waals surface area contributed by atoms with Gasteiger partial charge in [-0.05, 0) is 67.9 Å². The third-order valence-corrected chi connectivity index (χ3v) is 4.03. The van der Waals surface area contributed by atoms with Crippen LogP contribution in [0.3, 0.4) is 0 Å². The minimum atomic E-state index is 0.140. The SMILES string of the molecule is CC(C)(C)NCCCc1nnc(-c2cc(Br)ccc2Br)o1. The largest absolute Gasteiger partial charge is 0.421 e. The van der Waals surface area contributed by atoms with Crippen molar-refractivity contribution >= 4 is 31.9 Å². The van der Waals surface area contributed by atoms with Gasteiger partial charge in [-0.25, -0.2) is 0 Å². The molecule has 0 saturated carbocycles. The molecule has 0 aliphatic rings. The fourth-order valence-corrected chi connectivity index (χ4v) is 2.61. The van der Waals surface area contributed by atoms with Crippen LogP contribution in [-0.2, 0) is 6.42 Å². The first kappa shape index (κ1) is 16.6. The molecular weight excluding hydrogens is 398 g/mol. The van der Waals surface area contributed by atoms with Gasteiger partial charge in [-0.3, -0.25) is 0 Å². The summed E-state index contributed by atoms with van der Waals surface area (Å²) in [6.07, 6.45) is 1.75. The quantitative estimate of drug-likeness (QED) is 0.724. The molecule has 0 aliphatic carbocycles. The van der Waals surface area contributed by atoms with E-state index in [2.05, 4.69) is 68.1 Å². The van der Waals surface area contributed by atoms with Crippen LogP contribution in [0.15, 0.2) is 31.6 Å². The maximum atomic E-state index is 5.74. The zero-order valence-electron chi connectivity index (χ0n) is 12.4. The van der Waals surface area contributed by atoms with Crippen LogP contribution in [-0.4, -0.2) is 22.3 Å². The molecule has 0 unspecified atom stereocenters. The van der Waals surface area contributed by atoms with E-state index < -0.39 is 0 Å². The summed E-state index contributed by atoms with van der Waals surface area (Å²) in [7, 11) is 0. The second-order valence-corrected chi connectivity index (χ2v) is 7.68. The summed E-state index contributed by atoms with van der Waals surface area (Å²) < 4.78 is 7.66. The van der Waals surface area contributed by atoms with Crippen molar-refractivity contribution in [2.24, 2.45) is 0 Å². The Kier molecular flexibility index (Phi) is 5.57. The van der Waals surface area contributed by atoms with Gasteiger partial charge >= 0.3 is 0 Å². The van der Waals surface area contributed by atoms with Crippen LogP contribution < -0.4 is 5.32 Å². The number of nitrogens with one attached hydrogen (secondary N) is 1. The van der Waals surface area contributed by atoms with E-state index in [0.717, 1.165) is 33.9 Å². The highest BCUT2D eigenvalue weighted by Gasteiger charge is 2.13. The highest BCUT2D eigenvalue weighted by molar-refractivity contribution is 9.11. The lowest BCUT2D eigenvalue weighted by molar-refractivity contribution is 0.412. The van der Waals surface area contributed by atoms with Gasteiger partial charge in [0.05, 0.1) is 5.56 Å². The molecule has 21 heavy (non-hydrogen) atoms. The standard InChI is InChI=1S/C15H19Br2N3O/c1-15(2,3)18-8-4-5-13-19-20-14(21-13)11-9-10(16)6-7-12(11)17/h6-7,9,18H,4-5,8H2,1-3H3. The summed E-state index contributed by atoms with van der Waals surface area (Å²) in [6.45, 7) is 7.40. The average molecular weight is 417 g/mol. The van der Waals surface area contributed by atoms with E-state index in [9.17, 15) is 0 Å². The molecule has 0 amide bonds. The normalized spacial score (nSPS) is 11.9. The molecule has 2 aromatic rings. The first-order valence-corrected chi connectivity index (χ1v) is 8.46. The van der Waals surface area contributed by atoms with Gasteiger partial charge in [0.15, 0.2) is 0 Å². The number of aromatic nitrogens is 2. The molecule has 1 heterocycles.